The molecule has 8 heteroatoms. The fourth-order valence-electron chi connectivity index (χ4n) is 2.23. The number of hydrogen-bond donors (Lipinski definition) is 1. The summed E-state index contributed by atoms with van der Waals surface area (Å²) in [7, 11) is 1.50. The molecule has 0 aliphatic carbocycles. The van der Waals surface area contributed by atoms with Gasteiger partial charge in [0, 0.05) is 18.5 Å². The highest BCUT2D eigenvalue weighted by Gasteiger charge is 2.31. The number of nitrogens with zero attached hydrogens (tertiary/aromatic N) is 1. The molecule has 4 nitrogen and oxygen atoms in total. The highest BCUT2D eigenvalue weighted by molar-refractivity contribution is 7.09. The molecule has 0 bridgehead atoms. The number of ether oxygens (including phenoxy) is 1. The van der Waals surface area contributed by atoms with Crippen molar-refractivity contribution in [1.82, 2.24) is 4.90 Å². The van der Waals surface area contributed by atoms with Gasteiger partial charge in [0.2, 0.25) is 0 Å². The van der Waals surface area contributed by atoms with Gasteiger partial charge in [-0.05, 0) is 29.1 Å². The first-order valence-electron chi connectivity index (χ1n) is 7.48. The van der Waals surface area contributed by atoms with Crippen molar-refractivity contribution in [3.63, 3.8) is 0 Å². The van der Waals surface area contributed by atoms with Crippen LogP contribution in [0.3, 0.4) is 0 Å². The van der Waals surface area contributed by atoms with E-state index in [-0.39, 0.29) is 18.7 Å². The summed E-state index contributed by atoms with van der Waals surface area (Å²) in [6, 6.07) is 7.65. The van der Waals surface area contributed by atoms with Crippen molar-refractivity contribution in [3.05, 3.63) is 57.8 Å². The molecule has 0 aliphatic heterocycles. The second-order valence-electron chi connectivity index (χ2n) is 5.35. The SMILES string of the molecule is COCCN(Cc1cccs1)C(=O)[C@@H](O)c1ccc(C(F)(F)F)cc1. The van der Waals surface area contributed by atoms with Crippen LogP contribution in [0.25, 0.3) is 0 Å². The Hall–Kier alpha value is -1.90. The number of carbonyl (C=O) groups excluding carboxylic acids is 1. The van der Waals surface area contributed by atoms with Gasteiger partial charge in [0.15, 0.2) is 6.10 Å². The summed E-state index contributed by atoms with van der Waals surface area (Å²) in [5, 5.41) is 12.1. The molecule has 1 aromatic heterocycles. The fraction of sp³-hybridized carbons (Fsp3) is 0.353. The van der Waals surface area contributed by atoms with E-state index in [9.17, 15) is 23.1 Å². The Morgan fingerprint density at radius 2 is 1.96 bits per heavy atom. The summed E-state index contributed by atoms with van der Waals surface area (Å²) in [6.07, 6.45) is -5.99. The average molecular weight is 373 g/mol. The van der Waals surface area contributed by atoms with Crippen LogP contribution >= 0.6 is 11.3 Å². The third-order valence-corrected chi connectivity index (χ3v) is 4.45. The minimum atomic E-state index is -4.46. The van der Waals surface area contributed by atoms with E-state index < -0.39 is 23.8 Å². The number of halogens is 3. The number of hydrogen-bond acceptors (Lipinski definition) is 4. The monoisotopic (exact) mass is 373 g/mol. The van der Waals surface area contributed by atoms with E-state index in [0.29, 0.717) is 6.54 Å². The van der Waals surface area contributed by atoms with Crippen molar-refractivity contribution in [2.45, 2.75) is 18.8 Å². The van der Waals surface area contributed by atoms with Crippen LogP contribution in [0.5, 0.6) is 0 Å². The number of alkyl halides is 3. The van der Waals surface area contributed by atoms with Gasteiger partial charge in [-0.2, -0.15) is 13.2 Å². The number of benzene rings is 1. The first kappa shape index (κ1) is 19.4. The zero-order chi connectivity index (χ0) is 18.4. The van der Waals surface area contributed by atoms with E-state index in [1.54, 1.807) is 0 Å². The quantitative estimate of drug-likeness (QED) is 0.809. The molecule has 0 spiro atoms. The second kappa shape index (κ2) is 8.46. The zero-order valence-corrected chi connectivity index (χ0v) is 14.3. The van der Waals surface area contributed by atoms with Crippen molar-refractivity contribution in [2.24, 2.45) is 0 Å². The highest BCUT2D eigenvalue weighted by atomic mass is 32.1. The van der Waals surface area contributed by atoms with Crippen LogP contribution in [-0.2, 0) is 22.3 Å². The number of amides is 1. The predicted octanol–water partition coefficient (Wildman–Crippen LogP) is 3.48. The lowest BCUT2D eigenvalue weighted by molar-refractivity contribution is -0.141. The molecule has 0 fully saturated rings. The molecule has 1 heterocycles. The molecule has 1 amide bonds. The smallest absolute Gasteiger partial charge is 0.383 e. The van der Waals surface area contributed by atoms with Gasteiger partial charge < -0.3 is 14.7 Å². The van der Waals surface area contributed by atoms with Crippen molar-refractivity contribution < 1.29 is 27.8 Å². The number of aliphatic hydroxyl groups is 1. The first-order chi connectivity index (χ1) is 11.8. The van der Waals surface area contributed by atoms with Crippen LogP contribution in [0, 0.1) is 0 Å². The number of methoxy groups -OCH3 is 1. The highest BCUT2D eigenvalue weighted by Crippen LogP contribution is 2.30. The first-order valence-corrected chi connectivity index (χ1v) is 8.36. The Morgan fingerprint density at radius 3 is 2.48 bits per heavy atom. The lowest BCUT2D eigenvalue weighted by Crippen LogP contribution is -2.36. The van der Waals surface area contributed by atoms with Crippen molar-refractivity contribution in [1.29, 1.82) is 0 Å². The molecular formula is C17H18F3NO3S. The molecule has 1 atom stereocenters. The second-order valence-corrected chi connectivity index (χ2v) is 6.39. The van der Waals surface area contributed by atoms with Crippen molar-refractivity contribution >= 4 is 17.2 Å². The molecule has 136 valence electrons. The molecule has 0 unspecified atom stereocenters. The van der Waals surface area contributed by atoms with Gasteiger partial charge in [-0.15, -0.1) is 11.3 Å². The predicted molar refractivity (Wildman–Crippen MR) is 88.0 cm³/mol. The van der Waals surface area contributed by atoms with E-state index in [4.69, 9.17) is 4.74 Å². The third-order valence-electron chi connectivity index (χ3n) is 3.59. The Balaban J connectivity index is 2.13. The lowest BCUT2D eigenvalue weighted by Gasteiger charge is -2.25. The molecule has 2 rings (SSSR count). The van der Waals surface area contributed by atoms with Gasteiger partial charge in [-0.25, -0.2) is 0 Å². The summed E-state index contributed by atoms with van der Waals surface area (Å²) in [4.78, 5) is 14.9. The van der Waals surface area contributed by atoms with Crippen molar-refractivity contribution in [2.75, 3.05) is 20.3 Å². The largest absolute Gasteiger partial charge is 0.416 e. The fourth-order valence-corrected chi connectivity index (χ4v) is 2.95. The topological polar surface area (TPSA) is 49.8 Å². The summed E-state index contributed by atoms with van der Waals surface area (Å²) >= 11 is 1.47. The third kappa shape index (κ3) is 5.29. The number of thiophene rings is 1. The molecule has 2 aromatic rings. The van der Waals surface area contributed by atoms with Gasteiger partial charge in [0.25, 0.3) is 5.91 Å². The molecular weight excluding hydrogens is 355 g/mol. The van der Waals surface area contributed by atoms with Crippen LogP contribution in [0.2, 0.25) is 0 Å². The Bertz CT molecular complexity index is 671. The Kier molecular flexibility index (Phi) is 6.57. The molecule has 1 N–H and O–H groups in total. The normalized spacial score (nSPS) is 12.8. The van der Waals surface area contributed by atoms with Gasteiger partial charge in [-0.1, -0.05) is 18.2 Å². The maximum atomic E-state index is 12.6. The van der Waals surface area contributed by atoms with E-state index in [1.165, 1.54) is 23.3 Å². The molecule has 1 aromatic carbocycles. The van der Waals surface area contributed by atoms with Crippen LogP contribution in [0.15, 0.2) is 41.8 Å². The van der Waals surface area contributed by atoms with E-state index in [1.807, 2.05) is 17.5 Å². The lowest BCUT2D eigenvalue weighted by atomic mass is 10.1. The van der Waals surface area contributed by atoms with E-state index in [2.05, 4.69) is 0 Å². The number of aliphatic hydroxyl groups excluding tert-OH is 1. The minimum Gasteiger partial charge on any atom is -0.383 e. The standard InChI is InChI=1S/C17H18F3NO3S/c1-24-9-8-21(11-14-3-2-10-25-14)16(23)15(22)12-4-6-13(7-5-12)17(18,19)20/h2-7,10,15,22H,8-9,11H2,1H3/t15-/m0/s1. The van der Waals surface area contributed by atoms with Gasteiger partial charge in [0.05, 0.1) is 18.7 Å². The molecule has 0 radical (unpaired) electrons. The van der Waals surface area contributed by atoms with Gasteiger partial charge >= 0.3 is 6.18 Å². The Labute approximate surface area is 147 Å². The van der Waals surface area contributed by atoms with Crippen LogP contribution < -0.4 is 0 Å². The summed E-state index contributed by atoms with van der Waals surface area (Å²) in [5.74, 6) is -0.579. The van der Waals surface area contributed by atoms with Crippen LogP contribution in [0.1, 0.15) is 22.1 Å². The van der Waals surface area contributed by atoms with Gasteiger partial charge in [-0.3, -0.25) is 4.79 Å². The maximum absolute atomic E-state index is 12.6. The molecule has 0 saturated heterocycles. The van der Waals surface area contributed by atoms with Crippen LogP contribution in [0.4, 0.5) is 13.2 Å². The molecule has 0 aliphatic rings. The number of carbonyl (C=O) groups is 1. The Morgan fingerprint density at radius 1 is 1.28 bits per heavy atom. The minimum absolute atomic E-state index is 0.117. The maximum Gasteiger partial charge on any atom is 0.416 e. The summed E-state index contributed by atoms with van der Waals surface area (Å²) < 4.78 is 42.8. The average Bonchev–Trinajstić information content (AvgIpc) is 3.09. The number of rotatable bonds is 7. The van der Waals surface area contributed by atoms with Crippen molar-refractivity contribution in [3.8, 4) is 0 Å². The van der Waals surface area contributed by atoms with E-state index >= 15 is 0 Å². The summed E-state index contributed by atoms with van der Waals surface area (Å²) in [5.41, 5.74) is -0.711. The van der Waals surface area contributed by atoms with Crippen LogP contribution in [-0.4, -0.2) is 36.2 Å². The zero-order valence-electron chi connectivity index (χ0n) is 13.5. The van der Waals surface area contributed by atoms with Gasteiger partial charge in [0.1, 0.15) is 0 Å². The summed E-state index contributed by atoms with van der Waals surface area (Å²) in [6.45, 7) is 0.860. The van der Waals surface area contributed by atoms with E-state index in [0.717, 1.165) is 29.1 Å². The molecule has 25 heavy (non-hydrogen) atoms. The molecule has 0 saturated carbocycles.